The Hall–Kier alpha value is -3.39. The molecule has 8 heteroatoms. The zero-order chi connectivity index (χ0) is 20.4. The van der Waals surface area contributed by atoms with Gasteiger partial charge < -0.3 is 24.8 Å². The maximum atomic E-state index is 12.5. The Labute approximate surface area is 162 Å². The van der Waals surface area contributed by atoms with Crippen molar-refractivity contribution in [1.29, 1.82) is 0 Å². The first-order valence-corrected chi connectivity index (χ1v) is 8.67. The van der Waals surface area contributed by atoms with Crippen LogP contribution in [0, 0.1) is 0 Å². The number of anilines is 2. The van der Waals surface area contributed by atoms with Gasteiger partial charge in [-0.15, -0.1) is 0 Å². The first-order valence-electron chi connectivity index (χ1n) is 8.67. The molecule has 2 rings (SSSR count). The van der Waals surface area contributed by atoms with Crippen molar-refractivity contribution in [2.24, 2.45) is 0 Å². The van der Waals surface area contributed by atoms with E-state index in [2.05, 4.69) is 15.4 Å². The molecule has 28 heavy (non-hydrogen) atoms. The third kappa shape index (κ3) is 6.40. The van der Waals surface area contributed by atoms with Crippen LogP contribution in [0.3, 0.4) is 0 Å². The van der Waals surface area contributed by atoms with Gasteiger partial charge in [0.25, 0.3) is 5.91 Å². The number of benzene rings is 2. The van der Waals surface area contributed by atoms with E-state index in [4.69, 9.17) is 9.47 Å². The monoisotopic (exact) mass is 386 g/mol. The molecule has 0 bridgehead atoms. The minimum absolute atomic E-state index is 0.209. The molecule has 0 fully saturated rings. The molecule has 0 radical (unpaired) electrons. The molecular formula is C20H22N2O6. The molecule has 2 aromatic rings. The van der Waals surface area contributed by atoms with Crippen LogP contribution in [0.4, 0.5) is 16.2 Å². The van der Waals surface area contributed by atoms with E-state index in [1.165, 1.54) is 31.4 Å². The second kappa shape index (κ2) is 10.7. The Kier molecular flexibility index (Phi) is 7.98. The van der Waals surface area contributed by atoms with E-state index in [1.807, 2.05) is 0 Å². The summed E-state index contributed by atoms with van der Waals surface area (Å²) in [5, 5.41) is 5.49. The summed E-state index contributed by atoms with van der Waals surface area (Å²) in [4.78, 5) is 35.7. The topological polar surface area (TPSA) is 103 Å². The Morgan fingerprint density at radius 2 is 1.57 bits per heavy atom. The molecule has 0 aliphatic rings. The maximum absolute atomic E-state index is 12.5. The van der Waals surface area contributed by atoms with Crippen molar-refractivity contribution in [2.45, 2.75) is 13.3 Å². The lowest BCUT2D eigenvalue weighted by Crippen LogP contribution is -2.17. The predicted molar refractivity (Wildman–Crippen MR) is 104 cm³/mol. The molecule has 0 spiro atoms. The van der Waals surface area contributed by atoms with Gasteiger partial charge in [0.2, 0.25) is 5.91 Å². The lowest BCUT2D eigenvalue weighted by Gasteiger charge is -2.12. The number of nitrogens with one attached hydrogen (secondary N) is 2. The van der Waals surface area contributed by atoms with Crippen molar-refractivity contribution in [3.05, 3.63) is 54.1 Å². The summed E-state index contributed by atoms with van der Waals surface area (Å²) in [7, 11) is 1.52. The number of carbonyl (C=O) groups excluding carboxylic acids is 3. The van der Waals surface area contributed by atoms with E-state index in [-0.39, 0.29) is 30.6 Å². The number of hydrogen-bond donors (Lipinski definition) is 2. The fraction of sp³-hybridized carbons (Fsp3) is 0.250. The minimum atomic E-state index is -0.808. The Balaban J connectivity index is 2.02. The van der Waals surface area contributed by atoms with Crippen LogP contribution in [-0.4, -0.2) is 38.3 Å². The first kappa shape index (κ1) is 20.9. The average Bonchev–Trinajstić information content (AvgIpc) is 2.68. The van der Waals surface area contributed by atoms with Gasteiger partial charge in [-0.1, -0.05) is 12.1 Å². The number of ether oxygens (including phenoxy) is 3. The fourth-order valence-electron chi connectivity index (χ4n) is 2.22. The van der Waals surface area contributed by atoms with Crippen LogP contribution in [0.1, 0.15) is 23.7 Å². The second-order valence-corrected chi connectivity index (χ2v) is 5.60. The normalized spacial score (nSPS) is 10.1. The van der Waals surface area contributed by atoms with Crippen LogP contribution in [0.5, 0.6) is 5.75 Å². The van der Waals surface area contributed by atoms with Crippen LogP contribution in [-0.2, 0) is 14.3 Å². The highest BCUT2D eigenvalue weighted by Crippen LogP contribution is 2.22. The fourth-order valence-corrected chi connectivity index (χ4v) is 2.22. The molecule has 0 saturated carbocycles. The van der Waals surface area contributed by atoms with Crippen LogP contribution < -0.4 is 15.4 Å². The molecular weight excluding hydrogens is 364 g/mol. The van der Waals surface area contributed by atoms with Gasteiger partial charge in [0.1, 0.15) is 5.75 Å². The lowest BCUT2D eigenvalue weighted by atomic mass is 10.2. The zero-order valence-electron chi connectivity index (χ0n) is 15.7. The van der Waals surface area contributed by atoms with Crippen molar-refractivity contribution in [2.75, 3.05) is 31.0 Å². The minimum Gasteiger partial charge on any atom is -0.434 e. The molecule has 2 amide bonds. The van der Waals surface area contributed by atoms with E-state index in [0.29, 0.717) is 23.5 Å². The van der Waals surface area contributed by atoms with E-state index < -0.39 is 6.16 Å². The van der Waals surface area contributed by atoms with Gasteiger partial charge in [-0.05, 0) is 43.3 Å². The molecule has 2 N–H and O–H groups in total. The largest absolute Gasteiger partial charge is 0.513 e. The molecule has 0 aliphatic heterocycles. The summed E-state index contributed by atoms with van der Waals surface area (Å²) in [5.41, 5.74) is 1.31. The van der Waals surface area contributed by atoms with E-state index in [1.54, 1.807) is 31.2 Å². The highest BCUT2D eigenvalue weighted by molar-refractivity contribution is 6.07. The highest BCUT2D eigenvalue weighted by atomic mass is 16.7. The molecule has 0 aliphatic carbocycles. The van der Waals surface area contributed by atoms with Gasteiger partial charge >= 0.3 is 6.16 Å². The van der Waals surface area contributed by atoms with Gasteiger partial charge in [0.15, 0.2) is 0 Å². The molecule has 148 valence electrons. The summed E-state index contributed by atoms with van der Waals surface area (Å²) >= 11 is 0. The molecule has 0 atom stereocenters. The highest BCUT2D eigenvalue weighted by Gasteiger charge is 2.12. The Morgan fingerprint density at radius 3 is 2.18 bits per heavy atom. The van der Waals surface area contributed by atoms with Gasteiger partial charge in [0, 0.05) is 12.7 Å². The summed E-state index contributed by atoms with van der Waals surface area (Å²) in [6.45, 7) is 2.19. The van der Waals surface area contributed by atoms with Gasteiger partial charge in [-0.25, -0.2) is 4.79 Å². The number of amides is 2. The smallest absolute Gasteiger partial charge is 0.434 e. The number of hydrogen-bond acceptors (Lipinski definition) is 6. The van der Waals surface area contributed by atoms with Crippen molar-refractivity contribution in [3.63, 3.8) is 0 Å². The maximum Gasteiger partial charge on any atom is 0.513 e. The molecule has 0 saturated heterocycles. The second-order valence-electron chi connectivity index (χ2n) is 5.60. The van der Waals surface area contributed by atoms with E-state index >= 15 is 0 Å². The van der Waals surface area contributed by atoms with Gasteiger partial charge in [-0.3, -0.25) is 9.59 Å². The molecule has 0 unspecified atom stereocenters. The molecule has 0 heterocycles. The van der Waals surface area contributed by atoms with Crippen LogP contribution in [0.15, 0.2) is 48.5 Å². The summed E-state index contributed by atoms with van der Waals surface area (Å²) in [6.07, 6.45) is -0.599. The third-order valence-corrected chi connectivity index (χ3v) is 3.56. The number of carbonyl (C=O) groups is 3. The Bertz CT molecular complexity index is 820. The number of methoxy groups -OCH3 is 1. The lowest BCUT2D eigenvalue weighted by molar-refractivity contribution is -0.117. The zero-order valence-corrected chi connectivity index (χ0v) is 15.7. The van der Waals surface area contributed by atoms with Gasteiger partial charge in [-0.2, -0.15) is 0 Å². The van der Waals surface area contributed by atoms with Crippen molar-refractivity contribution < 1.29 is 28.6 Å². The SMILES string of the molecule is CCOC(=O)Oc1ccc(C(=O)Nc2ccccc2NC(=O)CCOC)cc1. The standard InChI is InChI=1S/C20H22N2O6/c1-3-27-20(25)28-15-10-8-14(9-11-15)19(24)22-17-7-5-4-6-16(17)21-18(23)12-13-26-2/h4-11H,3,12-13H2,1-2H3,(H,21,23)(H,22,24). The summed E-state index contributed by atoms with van der Waals surface area (Å²) in [6, 6.07) is 12.9. The molecule has 0 aromatic heterocycles. The summed E-state index contributed by atoms with van der Waals surface area (Å²) in [5.74, 6) is -0.328. The van der Waals surface area contributed by atoms with Crippen LogP contribution in [0.25, 0.3) is 0 Å². The van der Waals surface area contributed by atoms with Crippen LogP contribution >= 0.6 is 0 Å². The van der Waals surface area contributed by atoms with Crippen molar-refractivity contribution in [1.82, 2.24) is 0 Å². The van der Waals surface area contributed by atoms with E-state index in [0.717, 1.165) is 0 Å². The predicted octanol–water partition coefficient (Wildman–Crippen LogP) is 3.45. The first-order chi connectivity index (χ1) is 13.5. The third-order valence-electron chi connectivity index (χ3n) is 3.56. The van der Waals surface area contributed by atoms with E-state index in [9.17, 15) is 14.4 Å². The quantitative estimate of drug-likeness (QED) is 0.532. The van der Waals surface area contributed by atoms with Crippen molar-refractivity contribution >= 4 is 29.3 Å². The number of rotatable bonds is 8. The molecule has 8 nitrogen and oxygen atoms in total. The average molecular weight is 386 g/mol. The Morgan fingerprint density at radius 1 is 0.929 bits per heavy atom. The number of para-hydroxylation sites is 2. The van der Waals surface area contributed by atoms with Crippen LogP contribution in [0.2, 0.25) is 0 Å². The molecule has 2 aromatic carbocycles. The summed E-state index contributed by atoms with van der Waals surface area (Å²) < 4.78 is 14.5. The van der Waals surface area contributed by atoms with Crippen molar-refractivity contribution in [3.8, 4) is 5.75 Å². The van der Waals surface area contributed by atoms with Gasteiger partial charge in [0.05, 0.1) is 31.0 Å².